The molecule has 3 heteroatoms. The highest BCUT2D eigenvalue weighted by atomic mass is 19.1. The van der Waals surface area contributed by atoms with Gasteiger partial charge in [0.1, 0.15) is 5.82 Å². The molecule has 0 spiro atoms. The van der Waals surface area contributed by atoms with E-state index in [2.05, 4.69) is 31.2 Å². The third kappa shape index (κ3) is 3.03. The third-order valence-electron chi connectivity index (χ3n) is 4.33. The first-order valence-electron chi connectivity index (χ1n) is 7.74. The number of benzene rings is 2. The number of nitrogens with zero attached hydrogens (tertiary/aromatic N) is 1. The van der Waals surface area contributed by atoms with Crippen LogP contribution in [0.2, 0.25) is 0 Å². The molecule has 1 fully saturated rings. The van der Waals surface area contributed by atoms with Crippen LogP contribution in [-0.2, 0) is 11.2 Å². The van der Waals surface area contributed by atoms with Crippen molar-refractivity contribution in [2.75, 3.05) is 6.54 Å². The highest BCUT2D eigenvalue weighted by Crippen LogP contribution is 2.32. The molecule has 0 saturated carbocycles. The number of carbonyl (C=O) groups is 1. The van der Waals surface area contributed by atoms with Gasteiger partial charge in [0.15, 0.2) is 0 Å². The van der Waals surface area contributed by atoms with Crippen molar-refractivity contribution in [2.24, 2.45) is 0 Å². The number of halogens is 1. The average Bonchev–Trinajstić information content (AvgIpc) is 3.00. The Morgan fingerprint density at radius 3 is 2.64 bits per heavy atom. The summed E-state index contributed by atoms with van der Waals surface area (Å²) in [6.07, 6.45) is 2.11. The molecule has 2 aromatic carbocycles. The normalized spacial score (nSPS) is 17.7. The molecule has 0 aliphatic carbocycles. The summed E-state index contributed by atoms with van der Waals surface area (Å²) in [4.78, 5) is 14.5. The molecule has 114 valence electrons. The van der Waals surface area contributed by atoms with E-state index in [-0.39, 0.29) is 24.2 Å². The second-order valence-corrected chi connectivity index (χ2v) is 5.92. The molecule has 1 amide bonds. The van der Waals surface area contributed by atoms with Crippen molar-refractivity contribution in [3.05, 3.63) is 71.0 Å². The summed E-state index contributed by atoms with van der Waals surface area (Å²) in [7, 11) is 0. The lowest BCUT2D eigenvalue weighted by atomic mass is 10.0. The fourth-order valence-electron chi connectivity index (χ4n) is 3.11. The van der Waals surface area contributed by atoms with E-state index in [4.69, 9.17) is 0 Å². The maximum atomic E-state index is 13.7. The summed E-state index contributed by atoms with van der Waals surface area (Å²) < 4.78 is 13.7. The van der Waals surface area contributed by atoms with E-state index < -0.39 is 0 Å². The van der Waals surface area contributed by atoms with Crippen molar-refractivity contribution < 1.29 is 9.18 Å². The minimum atomic E-state index is -0.304. The summed E-state index contributed by atoms with van der Waals surface area (Å²) in [6, 6.07) is 15.0. The van der Waals surface area contributed by atoms with E-state index in [0.717, 1.165) is 19.4 Å². The van der Waals surface area contributed by atoms with Crippen LogP contribution in [0.1, 0.15) is 35.6 Å². The summed E-state index contributed by atoms with van der Waals surface area (Å²) in [5, 5.41) is 0. The Balaban J connectivity index is 1.76. The van der Waals surface area contributed by atoms with Gasteiger partial charge in [-0.15, -0.1) is 0 Å². The molecule has 2 nitrogen and oxygen atoms in total. The quantitative estimate of drug-likeness (QED) is 0.837. The number of aryl methyl sites for hydroxylation is 1. The molecule has 0 radical (unpaired) electrons. The van der Waals surface area contributed by atoms with E-state index in [9.17, 15) is 9.18 Å². The Morgan fingerprint density at radius 1 is 1.18 bits per heavy atom. The Kier molecular flexibility index (Phi) is 4.23. The van der Waals surface area contributed by atoms with Crippen LogP contribution in [0.4, 0.5) is 4.39 Å². The molecule has 0 N–H and O–H groups in total. The van der Waals surface area contributed by atoms with E-state index in [1.807, 2.05) is 4.90 Å². The number of amides is 1. The van der Waals surface area contributed by atoms with Crippen LogP contribution in [-0.4, -0.2) is 17.4 Å². The van der Waals surface area contributed by atoms with Gasteiger partial charge >= 0.3 is 0 Å². The highest BCUT2D eigenvalue weighted by Gasteiger charge is 2.29. The van der Waals surface area contributed by atoms with Gasteiger partial charge in [0.05, 0.1) is 12.5 Å². The van der Waals surface area contributed by atoms with Crippen LogP contribution >= 0.6 is 0 Å². The molecule has 1 aliphatic heterocycles. The molecular formula is C19H20FNO. The van der Waals surface area contributed by atoms with Crippen molar-refractivity contribution in [1.82, 2.24) is 4.90 Å². The maximum Gasteiger partial charge on any atom is 0.227 e. The molecule has 1 saturated heterocycles. The lowest BCUT2D eigenvalue weighted by Gasteiger charge is -2.25. The number of hydrogen-bond acceptors (Lipinski definition) is 1. The topological polar surface area (TPSA) is 20.3 Å². The van der Waals surface area contributed by atoms with Crippen LogP contribution in [0.3, 0.4) is 0 Å². The van der Waals surface area contributed by atoms with Crippen molar-refractivity contribution in [2.45, 2.75) is 32.2 Å². The van der Waals surface area contributed by atoms with Crippen LogP contribution in [0.5, 0.6) is 0 Å². The number of rotatable bonds is 3. The molecule has 1 atom stereocenters. The van der Waals surface area contributed by atoms with Gasteiger partial charge < -0.3 is 4.90 Å². The van der Waals surface area contributed by atoms with Crippen molar-refractivity contribution in [3.63, 3.8) is 0 Å². The Morgan fingerprint density at radius 2 is 1.91 bits per heavy atom. The summed E-state index contributed by atoms with van der Waals surface area (Å²) >= 11 is 0. The fraction of sp³-hybridized carbons (Fsp3) is 0.316. The van der Waals surface area contributed by atoms with E-state index in [1.54, 1.807) is 18.2 Å². The second-order valence-electron chi connectivity index (χ2n) is 5.92. The monoisotopic (exact) mass is 297 g/mol. The summed E-state index contributed by atoms with van der Waals surface area (Å²) in [5.41, 5.74) is 2.86. The van der Waals surface area contributed by atoms with Gasteiger partial charge in [-0.25, -0.2) is 4.39 Å². The Bertz CT molecular complexity index is 665. The zero-order valence-electron chi connectivity index (χ0n) is 12.8. The first kappa shape index (κ1) is 14.8. The lowest BCUT2D eigenvalue weighted by Crippen LogP contribution is -2.32. The first-order chi connectivity index (χ1) is 10.6. The largest absolute Gasteiger partial charge is 0.335 e. The second kappa shape index (κ2) is 6.30. The molecule has 2 aromatic rings. The third-order valence-corrected chi connectivity index (χ3v) is 4.33. The lowest BCUT2D eigenvalue weighted by molar-refractivity contribution is -0.131. The predicted molar refractivity (Wildman–Crippen MR) is 85.0 cm³/mol. The number of carbonyl (C=O) groups excluding carboxylic acids is 1. The maximum absolute atomic E-state index is 13.7. The zero-order valence-corrected chi connectivity index (χ0v) is 12.8. The smallest absolute Gasteiger partial charge is 0.227 e. The number of likely N-dealkylation sites (tertiary alicyclic amines) is 1. The van der Waals surface area contributed by atoms with E-state index in [0.29, 0.717) is 5.56 Å². The van der Waals surface area contributed by atoms with Crippen LogP contribution < -0.4 is 0 Å². The molecule has 1 heterocycles. The Labute approximate surface area is 130 Å². The van der Waals surface area contributed by atoms with Gasteiger partial charge in [-0.3, -0.25) is 4.79 Å². The molecule has 22 heavy (non-hydrogen) atoms. The van der Waals surface area contributed by atoms with Gasteiger partial charge in [0, 0.05) is 6.54 Å². The van der Waals surface area contributed by atoms with Crippen molar-refractivity contribution in [1.29, 1.82) is 0 Å². The fourth-order valence-corrected chi connectivity index (χ4v) is 3.11. The minimum Gasteiger partial charge on any atom is -0.335 e. The zero-order chi connectivity index (χ0) is 15.5. The number of hydrogen-bond donors (Lipinski definition) is 0. The predicted octanol–water partition coefficient (Wildman–Crippen LogP) is 4.04. The Hall–Kier alpha value is -2.16. The summed E-state index contributed by atoms with van der Waals surface area (Å²) in [5.74, 6) is -0.296. The average molecular weight is 297 g/mol. The van der Waals surface area contributed by atoms with Gasteiger partial charge in [-0.1, -0.05) is 48.0 Å². The molecule has 1 aliphatic rings. The van der Waals surface area contributed by atoms with Crippen LogP contribution in [0.15, 0.2) is 48.5 Å². The van der Waals surface area contributed by atoms with Crippen molar-refractivity contribution >= 4 is 5.91 Å². The van der Waals surface area contributed by atoms with Gasteiger partial charge in [-0.2, -0.15) is 0 Å². The SMILES string of the molecule is Cc1ccc(C2CCCN2C(=O)Cc2ccccc2F)cc1. The molecule has 3 rings (SSSR count). The van der Waals surface area contributed by atoms with Crippen LogP contribution in [0, 0.1) is 12.7 Å². The molecule has 1 unspecified atom stereocenters. The highest BCUT2D eigenvalue weighted by molar-refractivity contribution is 5.79. The van der Waals surface area contributed by atoms with E-state index in [1.165, 1.54) is 17.2 Å². The van der Waals surface area contributed by atoms with Gasteiger partial charge in [-0.05, 0) is 37.0 Å². The standard InChI is InChI=1S/C19H20FNO/c1-14-8-10-15(11-9-14)18-7-4-12-21(18)19(22)13-16-5-2-3-6-17(16)20/h2-3,5-6,8-11,18H,4,7,12-13H2,1H3. The van der Waals surface area contributed by atoms with Crippen LogP contribution in [0.25, 0.3) is 0 Å². The van der Waals surface area contributed by atoms with Crippen molar-refractivity contribution in [3.8, 4) is 0 Å². The molecular weight excluding hydrogens is 277 g/mol. The minimum absolute atomic E-state index is 0.00757. The first-order valence-corrected chi connectivity index (χ1v) is 7.74. The van der Waals surface area contributed by atoms with Gasteiger partial charge in [0.2, 0.25) is 5.91 Å². The molecule has 0 bridgehead atoms. The summed E-state index contributed by atoms with van der Waals surface area (Å²) in [6.45, 7) is 2.81. The van der Waals surface area contributed by atoms with E-state index >= 15 is 0 Å². The molecule has 0 aromatic heterocycles. The van der Waals surface area contributed by atoms with Gasteiger partial charge in [0.25, 0.3) is 0 Å².